The van der Waals surface area contributed by atoms with E-state index < -0.39 is 5.97 Å². The monoisotopic (exact) mass is 397 g/mol. The van der Waals surface area contributed by atoms with E-state index in [0.29, 0.717) is 28.9 Å². The Morgan fingerprint density at radius 1 is 1.11 bits per heavy atom. The number of Topliss-reactive ketones (excluding diaryl/α,β-unsaturated/α-hetero) is 1. The zero-order chi connectivity index (χ0) is 19.8. The maximum Gasteiger partial charge on any atom is 0.331 e. The second-order valence-corrected chi connectivity index (χ2v) is 8.70. The molecule has 0 spiro atoms. The van der Waals surface area contributed by atoms with Crippen LogP contribution in [-0.2, 0) is 9.63 Å². The van der Waals surface area contributed by atoms with Gasteiger partial charge in [0.25, 0.3) is 0 Å². The first-order valence-electron chi connectivity index (χ1n) is 10.0. The summed E-state index contributed by atoms with van der Waals surface area (Å²) in [6, 6.07) is 7.65. The molecular weight excluding hydrogens is 370 g/mol. The summed E-state index contributed by atoms with van der Waals surface area (Å²) in [5.41, 5.74) is 0.938. The molecule has 0 radical (unpaired) electrons. The summed E-state index contributed by atoms with van der Waals surface area (Å²) in [7, 11) is 0. The average Bonchev–Trinajstić information content (AvgIpc) is 2.72. The Kier molecular flexibility index (Phi) is 7.66. The minimum Gasteiger partial charge on any atom is -0.318 e. The Morgan fingerprint density at radius 3 is 2.50 bits per heavy atom. The van der Waals surface area contributed by atoms with Gasteiger partial charge in [-0.05, 0) is 43.0 Å². The summed E-state index contributed by atoms with van der Waals surface area (Å²) in [4.78, 5) is 30.1. The van der Waals surface area contributed by atoms with Crippen LogP contribution in [0.15, 0.2) is 58.6 Å². The molecule has 0 aromatic heterocycles. The number of rotatable bonds is 7. The Balaban J connectivity index is 1.68. The van der Waals surface area contributed by atoms with E-state index in [1.807, 2.05) is 24.3 Å². The number of oxime groups is 1. The molecule has 0 N–H and O–H groups in total. The van der Waals surface area contributed by atoms with E-state index in [4.69, 9.17) is 4.84 Å². The standard InChI is InChI=1S/C23H27NO3S/c1-17(25)27-24-22(16-18-8-4-2-5-9-18)23(26)19-12-14-21(15-13-19)28-20-10-6-3-7-11-20/h3,6-7,10,12-15,18,20H,2,4-5,8-9,11,16H2,1H3/b24-22-. The Morgan fingerprint density at radius 2 is 1.86 bits per heavy atom. The highest BCUT2D eigenvalue weighted by molar-refractivity contribution is 8.00. The van der Waals surface area contributed by atoms with Crippen molar-refractivity contribution in [3.05, 3.63) is 54.1 Å². The highest BCUT2D eigenvalue weighted by Gasteiger charge is 2.22. The van der Waals surface area contributed by atoms with Crippen LogP contribution in [0, 0.1) is 5.92 Å². The molecule has 1 aromatic carbocycles. The van der Waals surface area contributed by atoms with E-state index in [1.54, 1.807) is 11.8 Å². The molecule has 0 saturated heterocycles. The van der Waals surface area contributed by atoms with Gasteiger partial charge in [0.15, 0.2) is 0 Å². The molecule has 3 rings (SSSR count). The van der Waals surface area contributed by atoms with Crippen molar-refractivity contribution in [1.29, 1.82) is 0 Å². The van der Waals surface area contributed by atoms with Crippen LogP contribution in [0.2, 0.25) is 0 Å². The lowest BCUT2D eigenvalue weighted by Gasteiger charge is -2.21. The molecule has 0 amide bonds. The SMILES string of the molecule is CC(=O)O/N=C(/CC1CCCCC1)C(=O)c1ccc(SC2C=CC=CC2)cc1. The van der Waals surface area contributed by atoms with Gasteiger partial charge in [0.1, 0.15) is 5.71 Å². The van der Waals surface area contributed by atoms with Gasteiger partial charge in [0.05, 0.1) is 0 Å². The van der Waals surface area contributed by atoms with Crippen molar-refractivity contribution in [3.63, 3.8) is 0 Å². The van der Waals surface area contributed by atoms with Gasteiger partial charge in [0, 0.05) is 22.6 Å². The maximum atomic E-state index is 13.0. The van der Waals surface area contributed by atoms with Crippen LogP contribution in [0.4, 0.5) is 0 Å². The molecule has 1 saturated carbocycles. The second-order valence-electron chi connectivity index (χ2n) is 7.39. The summed E-state index contributed by atoms with van der Waals surface area (Å²) in [5, 5.41) is 4.33. The Labute approximate surface area is 171 Å². The molecule has 0 aliphatic heterocycles. The summed E-state index contributed by atoms with van der Waals surface area (Å²) in [6.45, 7) is 1.30. The molecule has 2 aliphatic carbocycles. The number of hydrogen-bond acceptors (Lipinski definition) is 5. The van der Waals surface area contributed by atoms with Crippen LogP contribution in [0.3, 0.4) is 0 Å². The number of carbonyl (C=O) groups excluding carboxylic acids is 2. The van der Waals surface area contributed by atoms with E-state index in [0.717, 1.165) is 24.2 Å². The van der Waals surface area contributed by atoms with E-state index in [-0.39, 0.29) is 5.78 Å². The predicted molar refractivity (Wildman–Crippen MR) is 114 cm³/mol. The maximum absolute atomic E-state index is 13.0. The van der Waals surface area contributed by atoms with Crippen LogP contribution in [0.1, 0.15) is 62.2 Å². The van der Waals surface area contributed by atoms with Crippen molar-refractivity contribution in [2.24, 2.45) is 11.1 Å². The van der Waals surface area contributed by atoms with E-state index in [2.05, 4.69) is 29.5 Å². The van der Waals surface area contributed by atoms with Gasteiger partial charge < -0.3 is 4.84 Å². The largest absolute Gasteiger partial charge is 0.331 e. The molecule has 5 heteroatoms. The molecule has 28 heavy (non-hydrogen) atoms. The highest BCUT2D eigenvalue weighted by Crippen LogP contribution is 2.29. The fourth-order valence-electron chi connectivity index (χ4n) is 3.63. The summed E-state index contributed by atoms with van der Waals surface area (Å²) >= 11 is 1.79. The Bertz CT molecular complexity index is 774. The van der Waals surface area contributed by atoms with Gasteiger partial charge in [-0.1, -0.05) is 61.6 Å². The first-order valence-corrected chi connectivity index (χ1v) is 10.9. The number of nitrogens with zero attached hydrogens (tertiary/aromatic N) is 1. The molecule has 0 heterocycles. The van der Waals surface area contributed by atoms with Gasteiger partial charge in [-0.2, -0.15) is 0 Å². The lowest BCUT2D eigenvalue weighted by molar-refractivity contribution is -0.140. The third-order valence-corrected chi connectivity index (χ3v) is 6.30. The molecule has 1 fully saturated rings. The van der Waals surface area contributed by atoms with Crippen molar-refractivity contribution >= 4 is 29.2 Å². The van der Waals surface area contributed by atoms with Crippen LogP contribution >= 0.6 is 11.8 Å². The van der Waals surface area contributed by atoms with Gasteiger partial charge in [-0.15, -0.1) is 11.8 Å². The minimum atomic E-state index is -0.504. The topological polar surface area (TPSA) is 55.7 Å². The van der Waals surface area contributed by atoms with Gasteiger partial charge in [-0.3, -0.25) is 4.79 Å². The van der Waals surface area contributed by atoms with Crippen molar-refractivity contribution in [3.8, 4) is 0 Å². The Hall–Kier alpha value is -2.14. The van der Waals surface area contributed by atoms with E-state index in [1.165, 1.54) is 26.2 Å². The zero-order valence-electron chi connectivity index (χ0n) is 16.3. The predicted octanol–water partition coefficient (Wildman–Crippen LogP) is 5.74. The number of hydrogen-bond donors (Lipinski definition) is 0. The highest BCUT2D eigenvalue weighted by atomic mass is 32.2. The zero-order valence-corrected chi connectivity index (χ0v) is 17.1. The van der Waals surface area contributed by atoms with Gasteiger partial charge >= 0.3 is 5.97 Å². The van der Waals surface area contributed by atoms with E-state index in [9.17, 15) is 9.59 Å². The van der Waals surface area contributed by atoms with Crippen LogP contribution < -0.4 is 0 Å². The molecule has 2 aliphatic rings. The number of ketones is 1. The van der Waals surface area contributed by atoms with Gasteiger partial charge in [0.2, 0.25) is 5.78 Å². The molecule has 4 nitrogen and oxygen atoms in total. The number of allylic oxidation sites excluding steroid dienone is 3. The average molecular weight is 398 g/mol. The van der Waals surface area contributed by atoms with Crippen LogP contribution in [0.5, 0.6) is 0 Å². The first kappa shape index (κ1) is 20.6. The number of carbonyl (C=O) groups is 2. The van der Waals surface area contributed by atoms with E-state index >= 15 is 0 Å². The molecule has 1 aromatic rings. The quantitative estimate of drug-likeness (QED) is 0.255. The number of benzene rings is 1. The smallest absolute Gasteiger partial charge is 0.318 e. The van der Waals surface area contributed by atoms with Crippen molar-refractivity contribution in [1.82, 2.24) is 0 Å². The lowest BCUT2D eigenvalue weighted by atomic mass is 9.84. The summed E-state index contributed by atoms with van der Waals surface area (Å²) < 4.78 is 0. The molecule has 1 unspecified atom stereocenters. The van der Waals surface area contributed by atoms with Crippen molar-refractivity contribution < 1.29 is 14.4 Å². The first-order chi connectivity index (χ1) is 13.6. The lowest BCUT2D eigenvalue weighted by Crippen LogP contribution is -2.21. The molecule has 1 atom stereocenters. The molecule has 0 bridgehead atoms. The number of thioether (sulfide) groups is 1. The van der Waals surface area contributed by atoms with Crippen LogP contribution in [0.25, 0.3) is 0 Å². The van der Waals surface area contributed by atoms with Crippen molar-refractivity contribution in [2.75, 3.05) is 0 Å². The summed E-state index contributed by atoms with van der Waals surface area (Å²) in [5.74, 6) is -0.216. The third kappa shape index (κ3) is 6.20. The molecular formula is C23H27NO3S. The second kappa shape index (κ2) is 10.4. The normalized spacial score (nSPS) is 20.2. The third-order valence-electron chi connectivity index (χ3n) is 5.10. The fraction of sp³-hybridized carbons (Fsp3) is 0.435. The minimum absolute atomic E-state index is 0.149. The van der Waals surface area contributed by atoms with Crippen LogP contribution in [-0.4, -0.2) is 22.7 Å². The molecule has 148 valence electrons. The van der Waals surface area contributed by atoms with Crippen molar-refractivity contribution in [2.45, 2.75) is 62.0 Å². The van der Waals surface area contributed by atoms with Gasteiger partial charge in [-0.25, -0.2) is 4.79 Å². The summed E-state index contributed by atoms with van der Waals surface area (Å²) in [6.07, 6.45) is 15.9. The fourth-order valence-corrected chi connectivity index (χ4v) is 4.65.